The number of fused-ring (bicyclic) bond motifs is 14. The summed E-state index contributed by atoms with van der Waals surface area (Å²) in [5.74, 6) is -0.181. The minimum atomic E-state index is -0.226. The summed E-state index contributed by atoms with van der Waals surface area (Å²) in [6.07, 6.45) is 0. The molecule has 0 saturated heterocycles. The number of nitrogens with zero attached hydrogens (tertiary/aromatic N) is 4. The fourth-order valence-corrected chi connectivity index (χ4v) is 18.0. The maximum Gasteiger partial charge on any atom is 0.194 e. The van der Waals surface area contributed by atoms with E-state index in [4.69, 9.17) is 19.9 Å². The summed E-state index contributed by atoms with van der Waals surface area (Å²) in [4.78, 5) is 71.5. The van der Waals surface area contributed by atoms with E-state index in [1.165, 1.54) is 76.5 Å². The van der Waals surface area contributed by atoms with E-state index in [2.05, 4.69) is 305 Å². The quantitative estimate of drug-likeness (QED) is 0.109. The van der Waals surface area contributed by atoms with Crippen molar-refractivity contribution in [1.29, 1.82) is 0 Å². The van der Waals surface area contributed by atoms with E-state index < -0.39 is 0 Å². The maximum atomic E-state index is 13.2. The Kier molecular flexibility index (Phi) is 22.9. The lowest BCUT2D eigenvalue weighted by Gasteiger charge is -2.34. The molecule has 17 rings (SSSR count). The fraction of sp³-hybridized carbons (Fsp3) is 0.351. The Bertz CT molecular complexity index is 6510. The highest BCUT2D eigenvalue weighted by atomic mass is 16.1. The van der Waals surface area contributed by atoms with E-state index in [0.29, 0.717) is 44.5 Å². The third kappa shape index (κ3) is 17.5. The molecule has 0 unspecified atom stereocenters. The SMILES string of the molecule is CC(C)(C)c1cc2c(cc1C(C)(C)C)C(=O)c1ccccc1C2=O.CC(C)(C)c1cc2nc3ccccc3nc2cc1C(C)(C)C.CC(C)(C)c1ccc2c(c1C(C)(C)C)C(=O)c1ccccc1C2=O.CC(C)(C)c1ccc2ccc3cc4c(ccc5ccccc54)cc3c2c1C(C)(C)C.CC(C)(C)c1ccc2nc3ccccc3nc2c1C(C)(C)C. The summed E-state index contributed by atoms with van der Waals surface area (Å²) in [7, 11) is 0. The summed E-state index contributed by atoms with van der Waals surface area (Å²) in [5, 5.41) is 10.7. The molecule has 0 N–H and O–H groups in total. The molecular formula is C114H126N4O4. The predicted octanol–water partition coefficient (Wildman–Crippen LogP) is 29.8. The van der Waals surface area contributed by atoms with Crippen LogP contribution in [0.4, 0.5) is 0 Å². The Morgan fingerprint density at radius 2 is 0.500 bits per heavy atom. The van der Waals surface area contributed by atoms with Gasteiger partial charge in [-0.3, -0.25) is 19.2 Å². The van der Waals surface area contributed by atoms with Crippen LogP contribution >= 0.6 is 0 Å². The largest absolute Gasteiger partial charge is 0.289 e. The van der Waals surface area contributed by atoms with Crippen LogP contribution in [-0.2, 0) is 54.1 Å². The molecule has 122 heavy (non-hydrogen) atoms. The van der Waals surface area contributed by atoms with E-state index >= 15 is 0 Å². The Hall–Kier alpha value is -11.2. The number of hydrogen-bond donors (Lipinski definition) is 0. The molecule has 0 amide bonds. The van der Waals surface area contributed by atoms with Gasteiger partial charge < -0.3 is 0 Å². The van der Waals surface area contributed by atoms with Crippen molar-refractivity contribution in [3.8, 4) is 0 Å². The van der Waals surface area contributed by atoms with Gasteiger partial charge >= 0.3 is 0 Å². The van der Waals surface area contributed by atoms with Gasteiger partial charge in [0.1, 0.15) is 0 Å². The van der Waals surface area contributed by atoms with Gasteiger partial charge in [0.2, 0.25) is 0 Å². The Morgan fingerprint density at radius 1 is 0.189 bits per heavy atom. The lowest BCUT2D eigenvalue weighted by Crippen LogP contribution is -2.30. The van der Waals surface area contributed by atoms with Gasteiger partial charge in [-0.1, -0.05) is 353 Å². The van der Waals surface area contributed by atoms with Gasteiger partial charge in [-0.05, 0) is 226 Å². The molecule has 0 spiro atoms. The summed E-state index contributed by atoms with van der Waals surface area (Å²) in [6, 6.07) is 74.3. The van der Waals surface area contributed by atoms with Crippen LogP contribution in [0.5, 0.6) is 0 Å². The highest BCUT2D eigenvalue weighted by molar-refractivity contribution is 6.30. The van der Waals surface area contributed by atoms with Gasteiger partial charge in [0, 0.05) is 44.5 Å². The maximum absolute atomic E-state index is 13.2. The van der Waals surface area contributed by atoms with Crippen LogP contribution in [-0.4, -0.2) is 43.1 Å². The summed E-state index contributed by atoms with van der Waals surface area (Å²) >= 11 is 0. The van der Waals surface area contributed by atoms with Crippen molar-refractivity contribution in [2.24, 2.45) is 0 Å². The lowest BCUT2D eigenvalue weighted by atomic mass is 9.69. The molecule has 2 aromatic heterocycles. The number of carbonyl (C=O) groups is 4. The van der Waals surface area contributed by atoms with E-state index in [-0.39, 0.29) is 77.3 Å². The molecule has 0 atom stereocenters. The van der Waals surface area contributed by atoms with Gasteiger partial charge in [0.15, 0.2) is 23.1 Å². The first-order valence-corrected chi connectivity index (χ1v) is 43.5. The van der Waals surface area contributed by atoms with Crippen LogP contribution in [0.25, 0.3) is 87.2 Å². The topological polar surface area (TPSA) is 120 Å². The number of para-hydroxylation sites is 4. The molecule has 0 bridgehead atoms. The van der Waals surface area contributed by atoms with Crippen LogP contribution in [0.15, 0.2) is 218 Å². The number of aromatic nitrogens is 4. The molecule has 0 aliphatic heterocycles. The van der Waals surface area contributed by atoms with Gasteiger partial charge in [-0.15, -0.1) is 0 Å². The minimum absolute atomic E-state index is 0.0270. The number of hydrogen-bond acceptors (Lipinski definition) is 8. The van der Waals surface area contributed by atoms with E-state index in [0.717, 1.165) is 66.4 Å². The van der Waals surface area contributed by atoms with Crippen molar-refractivity contribution in [3.63, 3.8) is 0 Å². The summed E-state index contributed by atoms with van der Waals surface area (Å²) < 4.78 is 0. The second-order valence-corrected chi connectivity index (χ2v) is 44.2. The Balaban J connectivity index is 0.000000132. The van der Waals surface area contributed by atoms with Crippen molar-refractivity contribution in [3.05, 3.63) is 319 Å². The molecular weight excluding hydrogens is 1490 g/mol. The molecule has 8 nitrogen and oxygen atoms in total. The standard InChI is InChI=1S/C30H30.2C22H24O2.2C20H24N2/c1-29(2,3)26-16-15-20-12-14-22-17-24-21(13-11-19-9-7-8-10-23(19)24)18-25(22)27(20)28(26)30(4,5)6;1-21(2,3)17-11-15-16(12-18(17)22(4,5)6)20(24)14-10-8-7-9-13(14)19(15)23;1-21(2,3)16-12-11-15-17(18(16)22(4,5)6)20(24)14-10-8-7-9-13(14)19(15)23;1-19(2,3)13-11-17-18(12-14(13)20(4,5)6)22-16-10-8-7-9-15(16)21-17;1-19(2,3)13-11-12-16-18(17(13)20(4,5)6)22-15-10-8-7-9-14(15)21-16/h7-18H,1-6H3;2*7-12H,1-6H3;2*7-12H,1-6H3. The zero-order chi connectivity index (χ0) is 89.2. The first kappa shape index (κ1) is 88.6. The monoisotopic (exact) mass is 1610 g/mol. The van der Waals surface area contributed by atoms with Crippen molar-refractivity contribution in [2.45, 2.75) is 262 Å². The molecule has 13 aromatic carbocycles. The lowest BCUT2D eigenvalue weighted by molar-refractivity contribution is 0.0977. The third-order valence-electron chi connectivity index (χ3n) is 23.9. The van der Waals surface area contributed by atoms with Crippen LogP contribution < -0.4 is 0 Å². The molecule has 15 aromatic rings. The first-order chi connectivity index (χ1) is 56.5. The van der Waals surface area contributed by atoms with Crippen LogP contribution in [0, 0.1) is 0 Å². The molecule has 2 aliphatic rings. The Labute approximate surface area is 725 Å². The molecule has 2 heterocycles. The van der Waals surface area contributed by atoms with Gasteiger partial charge in [0.05, 0.1) is 44.1 Å². The predicted molar refractivity (Wildman–Crippen MR) is 517 cm³/mol. The number of ketones is 4. The average Bonchev–Trinajstić information content (AvgIpc) is 0.728. The van der Waals surface area contributed by atoms with Gasteiger partial charge in [0.25, 0.3) is 0 Å². The molecule has 0 saturated carbocycles. The third-order valence-corrected chi connectivity index (χ3v) is 23.9. The van der Waals surface area contributed by atoms with Crippen molar-refractivity contribution in [1.82, 2.24) is 19.9 Å². The van der Waals surface area contributed by atoms with E-state index in [9.17, 15) is 19.2 Å². The zero-order valence-electron chi connectivity index (χ0n) is 78.2. The number of rotatable bonds is 0. The molecule has 8 heteroatoms. The van der Waals surface area contributed by atoms with E-state index in [1.54, 1.807) is 24.3 Å². The molecule has 0 radical (unpaired) electrons. The smallest absolute Gasteiger partial charge is 0.194 e. The van der Waals surface area contributed by atoms with Gasteiger partial charge in [-0.2, -0.15) is 0 Å². The number of benzene rings is 13. The second kappa shape index (κ2) is 31.6. The average molecular weight is 1620 g/mol. The van der Waals surface area contributed by atoms with Crippen molar-refractivity contribution >= 4 is 110 Å². The molecule has 626 valence electrons. The van der Waals surface area contributed by atoms with Crippen LogP contribution in [0.1, 0.15) is 327 Å². The number of carbonyl (C=O) groups excluding carboxylic acids is 4. The second-order valence-electron chi connectivity index (χ2n) is 44.2. The molecule has 0 fully saturated rings. The van der Waals surface area contributed by atoms with E-state index in [1.807, 2.05) is 97.1 Å². The van der Waals surface area contributed by atoms with Gasteiger partial charge in [-0.25, -0.2) is 19.9 Å². The van der Waals surface area contributed by atoms with Crippen molar-refractivity contribution in [2.75, 3.05) is 0 Å². The van der Waals surface area contributed by atoms with Crippen LogP contribution in [0.2, 0.25) is 0 Å². The van der Waals surface area contributed by atoms with Crippen molar-refractivity contribution < 1.29 is 19.2 Å². The fourth-order valence-electron chi connectivity index (χ4n) is 18.0. The highest BCUT2D eigenvalue weighted by Gasteiger charge is 2.40. The normalized spacial score (nSPS) is 13.6. The summed E-state index contributed by atoms with van der Waals surface area (Å²) in [6.45, 7) is 66.8. The Morgan fingerprint density at radius 3 is 0.934 bits per heavy atom. The van der Waals surface area contributed by atoms with Crippen LogP contribution in [0.3, 0.4) is 0 Å². The zero-order valence-corrected chi connectivity index (χ0v) is 78.2. The minimum Gasteiger partial charge on any atom is -0.289 e. The molecule has 2 aliphatic carbocycles. The summed E-state index contributed by atoms with van der Waals surface area (Å²) in [5.41, 5.74) is 24.8. The highest BCUT2D eigenvalue weighted by Crippen LogP contribution is 2.47. The first-order valence-electron chi connectivity index (χ1n) is 43.5.